The molecule has 0 aliphatic carbocycles. The molecule has 16 heavy (non-hydrogen) atoms. The summed E-state index contributed by atoms with van der Waals surface area (Å²) in [7, 11) is -1.82. The second-order valence-corrected chi connectivity index (χ2v) is 5.96. The second-order valence-electron chi connectivity index (χ2n) is 4.02. The van der Waals surface area contributed by atoms with Gasteiger partial charge in [-0.1, -0.05) is 0 Å². The van der Waals surface area contributed by atoms with Crippen LogP contribution >= 0.6 is 0 Å². The lowest BCUT2D eigenvalue weighted by Gasteiger charge is -2.14. The summed E-state index contributed by atoms with van der Waals surface area (Å²) in [6.45, 7) is 0.207. The molecule has 2 rings (SSSR count). The molecule has 1 aromatic heterocycles. The molecule has 0 spiro atoms. The molecule has 0 radical (unpaired) electrons. The fraction of sp³-hybridized carbons (Fsp3) is 0.667. The summed E-state index contributed by atoms with van der Waals surface area (Å²) < 4.78 is 39.3. The quantitative estimate of drug-likeness (QED) is 0.777. The average Bonchev–Trinajstić information content (AvgIpc) is 2.85. The summed E-state index contributed by atoms with van der Waals surface area (Å²) in [5, 5.41) is 3.83. The van der Waals surface area contributed by atoms with Crippen LogP contribution in [0.25, 0.3) is 0 Å². The van der Waals surface area contributed by atoms with Crippen LogP contribution in [-0.2, 0) is 17.1 Å². The lowest BCUT2D eigenvalue weighted by Crippen LogP contribution is -2.28. The van der Waals surface area contributed by atoms with Crippen molar-refractivity contribution in [3.8, 4) is 0 Å². The van der Waals surface area contributed by atoms with Gasteiger partial charge in [-0.15, -0.1) is 0 Å². The van der Waals surface area contributed by atoms with Crippen LogP contribution in [0.3, 0.4) is 0 Å². The zero-order valence-corrected chi connectivity index (χ0v) is 9.82. The van der Waals surface area contributed by atoms with Gasteiger partial charge in [0, 0.05) is 32.3 Å². The van der Waals surface area contributed by atoms with Crippen molar-refractivity contribution in [1.82, 2.24) is 14.1 Å². The first kappa shape index (κ1) is 11.5. The predicted octanol–water partition coefficient (Wildman–Crippen LogP) is 0.400. The van der Waals surface area contributed by atoms with Gasteiger partial charge in [0.05, 0.1) is 12.9 Å². The molecule has 0 amide bonds. The van der Waals surface area contributed by atoms with Crippen molar-refractivity contribution in [3.05, 3.63) is 12.4 Å². The Bertz CT molecular complexity index is 471. The van der Waals surface area contributed by atoms with Crippen LogP contribution in [0.4, 0.5) is 4.39 Å². The molecule has 0 bridgehead atoms. The van der Waals surface area contributed by atoms with Gasteiger partial charge in [0.25, 0.3) is 0 Å². The van der Waals surface area contributed by atoms with Gasteiger partial charge in [-0.3, -0.25) is 9.07 Å². The fourth-order valence-corrected chi connectivity index (χ4v) is 3.34. The van der Waals surface area contributed by atoms with Crippen molar-refractivity contribution in [2.24, 2.45) is 13.0 Å². The van der Waals surface area contributed by atoms with Crippen LogP contribution in [0.1, 0.15) is 6.42 Å². The molecule has 2 heterocycles. The SMILES string of the molecule is Cn1cc(S(=O)(=O)N2CCC(CF)C2)cn1. The minimum atomic E-state index is -3.48. The molecule has 5 nitrogen and oxygen atoms in total. The summed E-state index contributed by atoms with van der Waals surface area (Å²) in [6.07, 6.45) is 3.37. The standard InChI is InChI=1S/C9H14FN3O2S/c1-12-7-9(5-11-12)16(14,15)13-3-2-8(4-10)6-13/h5,7-8H,2-4,6H2,1H3. The van der Waals surface area contributed by atoms with E-state index >= 15 is 0 Å². The van der Waals surface area contributed by atoms with Crippen LogP contribution < -0.4 is 0 Å². The maximum Gasteiger partial charge on any atom is 0.246 e. The Morgan fingerprint density at radius 2 is 2.38 bits per heavy atom. The van der Waals surface area contributed by atoms with Gasteiger partial charge in [0.15, 0.2) is 0 Å². The van der Waals surface area contributed by atoms with Gasteiger partial charge in [-0.05, 0) is 6.42 Å². The van der Waals surface area contributed by atoms with Crippen LogP contribution in [0.5, 0.6) is 0 Å². The van der Waals surface area contributed by atoms with Crippen LogP contribution in [-0.4, -0.2) is 42.3 Å². The second kappa shape index (κ2) is 4.14. The number of alkyl halides is 1. The molecule has 1 unspecified atom stereocenters. The van der Waals surface area contributed by atoms with E-state index in [4.69, 9.17) is 0 Å². The number of aromatic nitrogens is 2. The maximum atomic E-state index is 12.4. The molecule has 1 fully saturated rings. The molecule has 0 N–H and O–H groups in total. The summed E-state index contributed by atoms with van der Waals surface area (Å²) in [5.74, 6) is -0.161. The third-order valence-electron chi connectivity index (χ3n) is 2.79. The Hall–Kier alpha value is -0.950. The zero-order valence-electron chi connectivity index (χ0n) is 9.00. The Morgan fingerprint density at radius 1 is 1.62 bits per heavy atom. The average molecular weight is 247 g/mol. The zero-order chi connectivity index (χ0) is 11.8. The first-order valence-corrected chi connectivity index (χ1v) is 6.53. The van der Waals surface area contributed by atoms with Crippen molar-refractivity contribution in [2.45, 2.75) is 11.3 Å². The number of sulfonamides is 1. The molecule has 0 aromatic carbocycles. The first-order valence-electron chi connectivity index (χ1n) is 5.09. The van der Waals surface area contributed by atoms with Gasteiger partial charge >= 0.3 is 0 Å². The lowest BCUT2D eigenvalue weighted by molar-refractivity contribution is 0.366. The van der Waals surface area contributed by atoms with E-state index in [9.17, 15) is 12.8 Å². The molecule has 1 aliphatic rings. The fourth-order valence-electron chi connectivity index (χ4n) is 1.82. The lowest BCUT2D eigenvalue weighted by atomic mass is 10.1. The van der Waals surface area contributed by atoms with Crippen LogP contribution in [0.2, 0.25) is 0 Å². The van der Waals surface area contributed by atoms with Gasteiger partial charge in [0.2, 0.25) is 10.0 Å². The Labute approximate surface area is 93.9 Å². The van der Waals surface area contributed by atoms with Crippen molar-refractivity contribution >= 4 is 10.0 Å². The Kier molecular flexibility index (Phi) is 2.98. The minimum Gasteiger partial charge on any atom is -0.274 e. The van der Waals surface area contributed by atoms with E-state index in [0.717, 1.165) is 0 Å². The number of aryl methyl sites for hydroxylation is 1. The summed E-state index contributed by atoms with van der Waals surface area (Å²) in [6, 6.07) is 0. The minimum absolute atomic E-state index is 0.161. The summed E-state index contributed by atoms with van der Waals surface area (Å²) >= 11 is 0. The van der Waals surface area contributed by atoms with E-state index in [0.29, 0.717) is 13.0 Å². The number of rotatable bonds is 3. The Morgan fingerprint density at radius 3 is 2.88 bits per heavy atom. The molecule has 90 valence electrons. The molecule has 7 heteroatoms. The first-order chi connectivity index (χ1) is 7.54. The molecule has 1 aliphatic heterocycles. The Balaban J connectivity index is 2.21. The molecule has 1 atom stereocenters. The van der Waals surface area contributed by atoms with Gasteiger partial charge in [0.1, 0.15) is 4.90 Å². The van der Waals surface area contributed by atoms with Crippen molar-refractivity contribution in [2.75, 3.05) is 19.8 Å². The molecule has 0 saturated carbocycles. The van der Waals surface area contributed by atoms with Crippen LogP contribution in [0, 0.1) is 5.92 Å². The molecule has 1 saturated heterocycles. The van der Waals surface area contributed by atoms with Gasteiger partial charge in [-0.25, -0.2) is 8.42 Å². The molecule has 1 aromatic rings. The highest BCUT2D eigenvalue weighted by atomic mass is 32.2. The topological polar surface area (TPSA) is 55.2 Å². The van der Waals surface area contributed by atoms with E-state index < -0.39 is 16.7 Å². The van der Waals surface area contributed by atoms with E-state index in [2.05, 4.69) is 5.10 Å². The highest BCUT2D eigenvalue weighted by Gasteiger charge is 2.33. The number of halogens is 1. The third-order valence-corrected chi connectivity index (χ3v) is 4.60. The van der Waals surface area contributed by atoms with Crippen molar-refractivity contribution in [1.29, 1.82) is 0 Å². The van der Waals surface area contributed by atoms with E-state index in [1.807, 2.05) is 0 Å². The molecular formula is C9H14FN3O2S. The number of hydrogen-bond acceptors (Lipinski definition) is 3. The largest absolute Gasteiger partial charge is 0.274 e. The normalized spacial score (nSPS) is 22.8. The van der Waals surface area contributed by atoms with E-state index in [-0.39, 0.29) is 17.4 Å². The van der Waals surface area contributed by atoms with Crippen LogP contribution in [0.15, 0.2) is 17.3 Å². The summed E-state index contributed by atoms with van der Waals surface area (Å²) in [5.41, 5.74) is 0. The highest BCUT2D eigenvalue weighted by Crippen LogP contribution is 2.23. The summed E-state index contributed by atoms with van der Waals surface area (Å²) in [4.78, 5) is 0.175. The third kappa shape index (κ3) is 1.97. The molecular weight excluding hydrogens is 233 g/mol. The maximum absolute atomic E-state index is 12.4. The highest BCUT2D eigenvalue weighted by molar-refractivity contribution is 7.89. The van der Waals surface area contributed by atoms with Gasteiger partial charge < -0.3 is 0 Å². The van der Waals surface area contributed by atoms with E-state index in [1.165, 1.54) is 21.4 Å². The number of nitrogens with zero attached hydrogens (tertiary/aromatic N) is 3. The van der Waals surface area contributed by atoms with Crippen molar-refractivity contribution in [3.63, 3.8) is 0 Å². The number of hydrogen-bond donors (Lipinski definition) is 0. The van der Waals surface area contributed by atoms with Gasteiger partial charge in [-0.2, -0.15) is 9.40 Å². The van der Waals surface area contributed by atoms with E-state index in [1.54, 1.807) is 7.05 Å². The predicted molar refractivity (Wildman–Crippen MR) is 56.0 cm³/mol. The smallest absolute Gasteiger partial charge is 0.246 e. The monoisotopic (exact) mass is 247 g/mol. The van der Waals surface area contributed by atoms with Crippen molar-refractivity contribution < 1.29 is 12.8 Å².